The van der Waals surface area contributed by atoms with Crippen molar-refractivity contribution in [3.8, 4) is 0 Å². The monoisotopic (exact) mass is 442 g/mol. The Bertz CT molecular complexity index is 1030. The maximum absolute atomic E-state index is 12.5. The number of fused-ring (bicyclic) bond motifs is 1. The molecule has 8 nitrogen and oxygen atoms in total. The van der Waals surface area contributed by atoms with Crippen molar-refractivity contribution in [2.75, 3.05) is 32.1 Å². The summed E-state index contributed by atoms with van der Waals surface area (Å²) < 4.78 is 6.94. The van der Waals surface area contributed by atoms with Crippen molar-refractivity contribution in [1.29, 1.82) is 0 Å². The van der Waals surface area contributed by atoms with E-state index in [9.17, 15) is 4.79 Å². The molecule has 0 atom stereocenters. The Morgan fingerprint density at radius 1 is 1.16 bits per heavy atom. The third kappa shape index (κ3) is 6.18. The van der Waals surface area contributed by atoms with Crippen molar-refractivity contribution < 1.29 is 9.53 Å². The van der Waals surface area contributed by atoms with Crippen LogP contribution in [-0.2, 0) is 11.3 Å². The number of amides is 1. The summed E-state index contributed by atoms with van der Waals surface area (Å²) in [5, 5.41) is 12.7. The van der Waals surface area contributed by atoms with Crippen molar-refractivity contribution >= 4 is 34.5 Å². The number of aromatic nitrogens is 4. The fourth-order valence-corrected chi connectivity index (χ4v) is 3.96. The summed E-state index contributed by atoms with van der Waals surface area (Å²) in [6.45, 7) is 10.4. The highest BCUT2D eigenvalue weighted by atomic mass is 32.2. The maximum Gasteiger partial charge on any atom is 0.251 e. The molecule has 2 aromatic heterocycles. The summed E-state index contributed by atoms with van der Waals surface area (Å²) in [5.41, 5.74) is 3.57. The Morgan fingerprint density at radius 3 is 2.58 bits per heavy atom. The number of carbonyl (C=O) groups is 1. The van der Waals surface area contributed by atoms with E-state index in [4.69, 9.17) is 9.72 Å². The van der Waals surface area contributed by atoms with Gasteiger partial charge in [-0.25, -0.2) is 14.6 Å². The first-order valence-corrected chi connectivity index (χ1v) is 11.2. The Kier molecular flexibility index (Phi) is 7.86. The first kappa shape index (κ1) is 23.0. The summed E-state index contributed by atoms with van der Waals surface area (Å²) in [6, 6.07) is 5.84. The number of nitrogens with zero attached hydrogens (tertiary/aromatic N) is 4. The highest BCUT2D eigenvalue weighted by molar-refractivity contribution is 7.99. The molecule has 3 aromatic rings. The van der Waals surface area contributed by atoms with Crippen LogP contribution in [0.5, 0.6) is 0 Å². The van der Waals surface area contributed by atoms with Gasteiger partial charge in [-0.15, -0.1) is 0 Å². The predicted octanol–water partition coefficient (Wildman–Crippen LogP) is 3.43. The molecule has 166 valence electrons. The topological polar surface area (TPSA) is 94.0 Å². The van der Waals surface area contributed by atoms with Crippen molar-refractivity contribution in [2.45, 2.75) is 44.6 Å². The van der Waals surface area contributed by atoms with Crippen LogP contribution in [0.15, 0.2) is 29.6 Å². The zero-order chi connectivity index (χ0) is 22.4. The summed E-state index contributed by atoms with van der Waals surface area (Å²) in [6.07, 6.45) is 1.76. The minimum Gasteiger partial charge on any atom is -0.383 e. The van der Waals surface area contributed by atoms with Gasteiger partial charge in [-0.3, -0.25) is 4.79 Å². The molecule has 0 aliphatic heterocycles. The lowest BCUT2D eigenvalue weighted by Gasteiger charge is -2.11. The number of hydrogen-bond donors (Lipinski definition) is 2. The molecule has 0 fully saturated rings. The van der Waals surface area contributed by atoms with Crippen molar-refractivity contribution in [3.63, 3.8) is 0 Å². The first-order valence-electron chi connectivity index (χ1n) is 10.4. The lowest BCUT2D eigenvalue weighted by atomic mass is 10.1. The molecule has 0 aliphatic carbocycles. The van der Waals surface area contributed by atoms with Gasteiger partial charge < -0.3 is 15.4 Å². The van der Waals surface area contributed by atoms with Crippen LogP contribution in [-0.4, -0.2) is 57.7 Å². The summed E-state index contributed by atoms with van der Waals surface area (Å²) in [7, 11) is 1.67. The summed E-state index contributed by atoms with van der Waals surface area (Å²) in [5.74, 6) is 0.659. The van der Waals surface area contributed by atoms with Gasteiger partial charge in [0, 0.05) is 31.0 Å². The third-order valence-corrected chi connectivity index (χ3v) is 5.37. The number of anilines is 1. The van der Waals surface area contributed by atoms with Gasteiger partial charge in [-0.05, 0) is 26.0 Å². The molecule has 9 heteroatoms. The largest absolute Gasteiger partial charge is 0.383 e. The third-order valence-electron chi connectivity index (χ3n) is 4.51. The number of methoxy groups -OCH3 is 1. The fraction of sp³-hybridized carbons (Fsp3) is 0.455. The number of thioether (sulfide) groups is 1. The molecule has 2 heterocycles. The van der Waals surface area contributed by atoms with Gasteiger partial charge >= 0.3 is 0 Å². The van der Waals surface area contributed by atoms with Crippen molar-refractivity contribution in [2.24, 2.45) is 0 Å². The van der Waals surface area contributed by atoms with Gasteiger partial charge in [0.1, 0.15) is 5.82 Å². The highest BCUT2D eigenvalue weighted by Gasteiger charge is 2.14. The second-order valence-electron chi connectivity index (χ2n) is 7.68. The first-order chi connectivity index (χ1) is 14.9. The minimum absolute atomic E-state index is 0.0872. The number of nitrogens with one attached hydrogen (secondary N) is 2. The molecule has 0 unspecified atom stereocenters. The average molecular weight is 443 g/mol. The Balaban J connectivity index is 1.75. The summed E-state index contributed by atoms with van der Waals surface area (Å²) >= 11 is 1.60. The molecule has 3 rings (SSSR count). The molecular formula is C22H30N6O2S. The van der Waals surface area contributed by atoms with Gasteiger partial charge in [0.15, 0.2) is 10.8 Å². The Morgan fingerprint density at radius 2 is 1.90 bits per heavy atom. The molecule has 0 radical (unpaired) electrons. The lowest BCUT2D eigenvalue weighted by Crippen LogP contribution is -2.27. The zero-order valence-electron chi connectivity index (χ0n) is 18.7. The number of ether oxygens (including phenoxy) is 1. The van der Waals surface area contributed by atoms with E-state index in [2.05, 4.69) is 40.6 Å². The van der Waals surface area contributed by atoms with E-state index in [1.54, 1.807) is 25.1 Å². The van der Waals surface area contributed by atoms with Crippen LogP contribution >= 0.6 is 11.8 Å². The van der Waals surface area contributed by atoms with Crippen LogP contribution in [0.2, 0.25) is 0 Å². The van der Waals surface area contributed by atoms with Crippen LogP contribution in [0.1, 0.15) is 35.3 Å². The standard InChI is InChI=1S/C22H30N6O2S/c1-14(2)31-22-26-19(23-7-9-30-5)18-13-25-28(20(18)27-22)8-6-24-21(29)17-11-15(3)10-16(4)12-17/h10-14H,6-9H2,1-5H3,(H,24,29)(H,23,26,27). The quantitative estimate of drug-likeness (QED) is 0.282. The minimum atomic E-state index is -0.0872. The van der Waals surface area contributed by atoms with Crippen LogP contribution < -0.4 is 10.6 Å². The van der Waals surface area contributed by atoms with E-state index < -0.39 is 0 Å². The van der Waals surface area contributed by atoms with E-state index in [0.717, 1.165) is 28.0 Å². The summed E-state index contributed by atoms with van der Waals surface area (Å²) in [4.78, 5) is 21.9. The van der Waals surface area contributed by atoms with Crippen molar-refractivity contribution in [3.05, 3.63) is 41.1 Å². The number of benzene rings is 1. The van der Waals surface area contributed by atoms with Gasteiger partial charge in [0.2, 0.25) is 0 Å². The van der Waals surface area contributed by atoms with Crippen LogP contribution in [0.4, 0.5) is 5.82 Å². The average Bonchev–Trinajstić information content (AvgIpc) is 3.10. The van der Waals surface area contributed by atoms with Gasteiger partial charge in [0.05, 0.1) is 24.7 Å². The molecule has 0 bridgehead atoms. The second-order valence-corrected chi connectivity index (χ2v) is 9.22. The highest BCUT2D eigenvalue weighted by Crippen LogP contribution is 2.26. The molecule has 0 saturated carbocycles. The van der Waals surface area contributed by atoms with E-state index in [0.29, 0.717) is 42.2 Å². The van der Waals surface area contributed by atoms with Gasteiger partial charge in [-0.2, -0.15) is 5.10 Å². The Labute approximate surface area is 187 Å². The molecular weight excluding hydrogens is 412 g/mol. The molecule has 0 aliphatic rings. The van der Waals surface area contributed by atoms with Gasteiger partial charge in [-0.1, -0.05) is 42.8 Å². The maximum atomic E-state index is 12.5. The zero-order valence-corrected chi connectivity index (χ0v) is 19.5. The van der Waals surface area contributed by atoms with Crippen LogP contribution in [0, 0.1) is 13.8 Å². The normalized spacial score (nSPS) is 11.3. The van der Waals surface area contributed by atoms with E-state index in [-0.39, 0.29) is 5.91 Å². The predicted molar refractivity (Wildman–Crippen MR) is 125 cm³/mol. The van der Waals surface area contributed by atoms with Gasteiger partial charge in [0.25, 0.3) is 5.91 Å². The molecule has 1 aromatic carbocycles. The van der Waals surface area contributed by atoms with Crippen LogP contribution in [0.3, 0.4) is 0 Å². The second kappa shape index (κ2) is 10.6. The number of carbonyl (C=O) groups excluding carboxylic acids is 1. The Hall–Kier alpha value is -2.65. The fourth-order valence-electron chi connectivity index (χ4n) is 3.25. The van der Waals surface area contributed by atoms with Crippen molar-refractivity contribution in [1.82, 2.24) is 25.1 Å². The van der Waals surface area contributed by atoms with E-state index in [1.165, 1.54) is 0 Å². The van der Waals surface area contributed by atoms with E-state index >= 15 is 0 Å². The van der Waals surface area contributed by atoms with Crippen LogP contribution in [0.25, 0.3) is 11.0 Å². The lowest BCUT2D eigenvalue weighted by molar-refractivity contribution is 0.0952. The number of rotatable bonds is 10. The smallest absolute Gasteiger partial charge is 0.251 e. The number of aryl methyl sites for hydroxylation is 2. The molecule has 2 N–H and O–H groups in total. The SMILES string of the molecule is COCCNc1nc(SC(C)C)nc2c1cnn2CCNC(=O)c1cc(C)cc(C)c1. The molecule has 31 heavy (non-hydrogen) atoms. The molecule has 0 saturated heterocycles. The van der Waals surface area contributed by atoms with E-state index in [1.807, 2.05) is 30.7 Å². The molecule has 0 spiro atoms. The number of hydrogen-bond acceptors (Lipinski definition) is 7. The molecule has 1 amide bonds.